The van der Waals surface area contributed by atoms with Crippen molar-refractivity contribution in [3.05, 3.63) is 91.4 Å². The molecule has 0 radical (unpaired) electrons. The first-order chi connectivity index (χ1) is 14.4. The molecule has 0 spiro atoms. The van der Waals surface area contributed by atoms with Gasteiger partial charge < -0.3 is 4.57 Å². The van der Waals surface area contributed by atoms with Gasteiger partial charge in [-0.15, -0.1) is 0 Å². The van der Waals surface area contributed by atoms with Crippen LogP contribution in [-0.2, 0) is 0 Å². The molecule has 1 aliphatic rings. The Labute approximate surface area is 166 Å². The summed E-state index contributed by atoms with van der Waals surface area (Å²) >= 11 is 0. The van der Waals surface area contributed by atoms with E-state index in [9.17, 15) is 0 Å². The van der Waals surface area contributed by atoms with E-state index in [-0.39, 0.29) is 0 Å². The highest BCUT2D eigenvalue weighted by Crippen LogP contribution is 2.46. The number of nitrogens with zero attached hydrogens (tertiary/aromatic N) is 3. The molecule has 7 rings (SSSR count). The van der Waals surface area contributed by atoms with Gasteiger partial charge in [-0.25, -0.2) is 9.97 Å². The fourth-order valence-corrected chi connectivity index (χ4v) is 4.83. The normalized spacial score (nSPS) is 12.1. The maximum absolute atomic E-state index is 4.73. The Morgan fingerprint density at radius 2 is 1.45 bits per heavy atom. The summed E-state index contributed by atoms with van der Waals surface area (Å²) in [6.07, 6.45) is 3.60. The second-order valence-electron chi connectivity index (χ2n) is 7.56. The number of hydrogen-bond donors (Lipinski definition) is 0. The van der Waals surface area contributed by atoms with Crippen LogP contribution in [0, 0.1) is 0 Å². The van der Waals surface area contributed by atoms with E-state index in [1.165, 1.54) is 43.8 Å². The zero-order valence-electron chi connectivity index (χ0n) is 15.5. The standard InChI is InChI=1S/C26H15N3/c1-2-7-17-13-24-21(12-16(17)6-1)25-22(14-27-15-28-25)20-10-5-9-19-18-8-3-4-11-23(18)29(24)26(19)20/h1-15H. The molecule has 29 heavy (non-hydrogen) atoms. The fraction of sp³-hybridized carbons (Fsp3) is 0. The minimum absolute atomic E-state index is 0.987. The Bertz CT molecular complexity index is 1610. The SMILES string of the molecule is c1ccc2cc3c(cc2c1)-c1ncncc1-c1cccc2c4ccccc4n-3c12. The van der Waals surface area contributed by atoms with E-state index in [4.69, 9.17) is 4.98 Å². The molecule has 0 amide bonds. The Kier molecular flexibility index (Phi) is 2.74. The van der Waals surface area contributed by atoms with Crippen molar-refractivity contribution in [1.82, 2.24) is 14.5 Å². The van der Waals surface area contributed by atoms with Gasteiger partial charge in [-0.2, -0.15) is 0 Å². The lowest BCUT2D eigenvalue weighted by Gasteiger charge is -2.13. The molecule has 0 saturated heterocycles. The fourth-order valence-electron chi connectivity index (χ4n) is 4.83. The van der Waals surface area contributed by atoms with Crippen molar-refractivity contribution in [3.63, 3.8) is 0 Å². The molecule has 4 aromatic carbocycles. The van der Waals surface area contributed by atoms with Crippen molar-refractivity contribution >= 4 is 32.6 Å². The molecule has 0 unspecified atom stereocenters. The molecule has 2 aromatic heterocycles. The van der Waals surface area contributed by atoms with Gasteiger partial charge in [0.1, 0.15) is 6.33 Å². The van der Waals surface area contributed by atoms with E-state index in [0.29, 0.717) is 0 Å². The number of para-hydroxylation sites is 2. The highest BCUT2D eigenvalue weighted by atomic mass is 15.0. The van der Waals surface area contributed by atoms with Crippen LogP contribution in [0.2, 0.25) is 0 Å². The van der Waals surface area contributed by atoms with Gasteiger partial charge in [0, 0.05) is 33.7 Å². The molecule has 1 aliphatic heterocycles. The summed E-state index contributed by atoms with van der Waals surface area (Å²) < 4.78 is 2.41. The Morgan fingerprint density at radius 3 is 2.38 bits per heavy atom. The van der Waals surface area contributed by atoms with E-state index in [1.807, 2.05) is 6.20 Å². The molecule has 0 aliphatic carbocycles. The number of benzene rings is 4. The van der Waals surface area contributed by atoms with Crippen LogP contribution in [0.3, 0.4) is 0 Å². The van der Waals surface area contributed by atoms with Crippen LogP contribution in [0.15, 0.2) is 91.4 Å². The van der Waals surface area contributed by atoms with Gasteiger partial charge in [-0.3, -0.25) is 0 Å². The van der Waals surface area contributed by atoms with Crippen molar-refractivity contribution in [3.8, 4) is 28.1 Å². The van der Waals surface area contributed by atoms with E-state index >= 15 is 0 Å². The van der Waals surface area contributed by atoms with Gasteiger partial charge in [0.05, 0.1) is 22.4 Å². The van der Waals surface area contributed by atoms with Crippen molar-refractivity contribution in [1.29, 1.82) is 0 Å². The molecule has 0 atom stereocenters. The van der Waals surface area contributed by atoms with Crippen molar-refractivity contribution < 1.29 is 0 Å². The lowest BCUT2D eigenvalue weighted by Crippen LogP contribution is -1.97. The van der Waals surface area contributed by atoms with Crippen LogP contribution < -0.4 is 0 Å². The van der Waals surface area contributed by atoms with Crippen LogP contribution in [0.25, 0.3) is 60.6 Å². The van der Waals surface area contributed by atoms with Crippen LogP contribution >= 0.6 is 0 Å². The third-order valence-corrected chi connectivity index (χ3v) is 6.06. The summed E-state index contributed by atoms with van der Waals surface area (Å²) in [5.74, 6) is 0. The predicted octanol–water partition coefficient (Wildman–Crippen LogP) is 6.37. The third-order valence-electron chi connectivity index (χ3n) is 6.06. The summed E-state index contributed by atoms with van der Waals surface area (Å²) in [6, 6.07) is 28.3. The molecule has 0 fully saturated rings. The van der Waals surface area contributed by atoms with Gasteiger partial charge in [0.25, 0.3) is 0 Å². The monoisotopic (exact) mass is 369 g/mol. The summed E-state index contributed by atoms with van der Waals surface area (Å²) in [5, 5.41) is 4.97. The van der Waals surface area contributed by atoms with Crippen molar-refractivity contribution in [2.45, 2.75) is 0 Å². The van der Waals surface area contributed by atoms with E-state index in [0.717, 1.165) is 16.8 Å². The van der Waals surface area contributed by atoms with Crippen molar-refractivity contribution in [2.24, 2.45) is 0 Å². The molecule has 3 heteroatoms. The largest absolute Gasteiger partial charge is 0.308 e. The third kappa shape index (κ3) is 1.87. The molecular formula is C26H15N3. The predicted molar refractivity (Wildman–Crippen MR) is 118 cm³/mol. The van der Waals surface area contributed by atoms with E-state index in [2.05, 4.69) is 88.4 Å². The van der Waals surface area contributed by atoms with Gasteiger partial charge in [0.2, 0.25) is 0 Å². The first-order valence-corrected chi connectivity index (χ1v) is 9.76. The topological polar surface area (TPSA) is 30.7 Å². The van der Waals surface area contributed by atoms with Gasteiger partial charge in [0.15, 0.2) is 0 Å². The second-order valence-corrected chi connectivity index (χ2v) is 7.56. The summed E-state index contributed by atoms with van der Waals surface area (Å²) in [7, 11) is 0. The maximum atomic E-state index is 4.73. The highest BCUT2D eigenvalue weighted by molar-refractivity contribution is 6.16. The maximum Gasteiger partial charge on any atom is 0.116 e. The van der Waals surface area contributed by atoms with E-state index in [1.54, 1.807) is 6.33 Å². The van der Waals surface area contributed by atoms with Crippen LogP contribution in [0.1, 0.15) is 0 Å². The molecule has 134 valence electrons. The molecular weight excluding hydrogens is 354 g/mol. The first kappa shape index (κ1) is 15.0. The Morgan fingerprint density at radius 1 is 0.655 bits per heavy atom. The van der Waals surface area contributed by atoms with Crippen LogP contribution in [0.4, 0.5) is 0 Å². The number of fused-ring (bicyclic) bond motifs is 9. The number of aromatic nitrogens is 3. The minimum atomic E-state index is 0.987. The number of rotatable bonds is 0. The Balaban J connectivity index is 1.82. The smallest absolute Gasteiger partial charge is 0.116 e. The van der Waals surface area contributed by atoms with Gasteiger partial charge in [-0.05, 0) is 29.0 Å². The average molecular weight is 369 g/mol. The molecule has 0 N–H and O–H groups in total. The molecule has 6 aromatic rings. The number of hydrogen-bond acceptors (Lipinski definition) is 2. The first-order valence-electron chi connectivity index (χ1n) is 9.76. The van der Waals surface area contributed by atoms with Gasteiger partial charge in [-0.1, -0.05) is 60.7 Å². The zero-order chi connectivity index (χ0) is 18.9. The summed E-state index contributed by atoms with van der Waals surface area (Å²) in [4.78, 5) is 9.10. The highest BCUT2D eigenvalue weighted by Gasteiger charge is 2.25. The van der Waals surface area contributed by atoms with E-state index < -0.39 is 0 Å². The molecule has 3 heterocycles. The summed E-state index contributed by atoms with van der Waals surface area (Å²) in [6.45, 7) is 0. The second kappa shape index (κ2) is 5.30. The summed E-state index contributed by atoms with van der Waals surface area (Å²) in [5.41, 5.74) is 7.98. The lowest BCUT2D eigenvalue weighted by molar-refractivity contribution is 1.17. The average Bonchev–Trinajstić information content (AvgIpc) is 3.06. The Hall–Kier alpha value is -3.98. The van der Waals surface area contributed by atoms with Crippen LogP contribution in [0.5, 0.6) is 0 Å². The van der Waals surface area contributed by atoms with Crippen molar-refractivity contribution in [2.75, 3.05) is 0 Å². The molecule has 0 bridgehead atoms. The lowest BCUT2D eigenvalue weighted by atomic mass is 9.97. The molecule has 0 saturated carbocycles. The zero-order valence-corrected chi connectivity index (χ0v) is 15.5. The quantitative estimate of drug-likeness (QED) is 0.311. The molecule has 3 nitrogen and oxygen atoms in total. The van der Waals surface area contributed by atoms with Gasteiger partial charge >= 0.3 is 0 Å². The minimum Gasteiger partial charge on any atom is -0.308 e. The van der Waals surface area contributed by atoms with Crippen LogP contribution in [-0.4, -0.2) is 14.5 Å².